The van der Waals surface area contributed by atoms with Crippen LogP contribution < -0.4 is 0 Å². The third kappa shape index (κ3) is 1.28. The summed E-state index contributed by atoms with van der Waals surface area (Å²) in [5.41, 5.74) is 1.86. The van der Waals surface area contributed by atoms with Gasteiger partial charge in [-0.05, 0) is 0 Å². The molecule has 1 aromatic rings. The minimum Gasteiger partial charge on any atom is -0.373 e. The number of epoxide rings is 1. The Labute approximate surface area is 57.5 Å². The summed E-state index contributed by atoms with van der Waals surface area (Å²) < 4.78 is 5.06. The number of nitrogens with zero attached hydrogens (tertiary/aromatic N) is 1. The molecule has 1 aliphatic heterocycles. The Balaban J connectivity index is 1.99. The van der Waals surface area contributed by atoms with Gasteiger partial charge < -0.3 is 4.74 Å². The van der Waals surface area contributed by atoms with Gasteiger partial charge in [0.1, 0.15) is 0 Å². The number of hydrogen-bond acceptors (Lipinski definition) is 3. The summed E-state index contributed by atoms with van der Waals surface area (Å²) in [5, 5.41) is 0. The van der Waals surface area contributed by atoms with Crippen LogP contribution in [0.1, 0.15) is 4.88 Å². The highest BCUT2D eigenvalue weighted by Crippen LogP contribution is 2.17. The van der Waals surface area contributed by atoms with Crippen molar-refractivity contribution in [3.63, 3.8) is 0 Å². The molecule has 0 bridgehead atoms. The first-order valence-electron chi connectivity index (χ1n) is 2.94. The van der Waals surface area contributed by atoms with Gasteiger partial charge in [0.15, 0.2) is 0 Å². The molecule has 48 valence electrons. The number of hydrogen-bond donors (Lipinski definition) is 0. The molecule has 2 nitrogen and oxygen atoms in total. The summed E-state index contributed by atoms with van der Waals surface area (Å²) in [4.78, 5) is 5.30. The Morgan fingerprint density at radius 3 is 3.33 bits per heavy atom. The molecule has 1 aromatic heterocycles. The molecular formula is C6H7NOS. The van der Waals surface area contributed by atoms with Crippen molar-refractivity contribution in [2.24, 2.45) is 0 Å². The van der Waals surface area contributed by atoms with Crippen LogP contribution in [0.4, 0.5) is 0 Å². The van der Waals surface area contributed by atoms with Crippen molar-refractivity contribution in [1.82, 2.24) is 4.98 Å². The predicted molar refractivity (Wildman–Crippen MR) is 35.6 cm³/mol. The van der Waals surface area contributed by atoms with E-state index in [2.05, 4.69) is 4.98 Å². The van der Waals surface area contributed by atoms with E-state index in [9.17, 15) is 0 Å². The van der Waals surface area contributed by atoms with E-state index in [1.54, 1.807) is 11.3 Å². The zero-order valence-electron chi connectivity index (χ0n) is 4.91. The van der Waals surface area contributed by atoms with Crippen molar-refractivity contribution < 1.29 is 4.74 Å². The summed E-state index contributed by atoms with van der Waals surface area (Å²) in [6, 6.07) is 0. The van der Waals surface area contributed by atoms with Crippen LogP contribution in [0.3, 0.4) is 0 Å². The fraction of sp³-hybridized carbons (Fsp3) is 0.500. The lowest BCUT2D eigenvalue weighted by molar-refractivity contribution is 0.408. The summed E-state index contributed by atoms with van der Waals surface area (Å²) in [6.45, 7) is 0.942. The highest BCUT2D eigenvalue weighted by atomic mass is 32.1. The maximum Gasteiger partial charge on any atom is 0.0858 e. The van der Waals surface area contributed by atoms with E-state index in [1.165, 1.54) is 4.88 Å². The van der Waals surface area contributed by atoms with E-state index < -0.39 is 0 Å². The lowest BCUT2D eigenvalue weighted by Gasteiger charge is -1.84. The molecule has 0 spiro atoms. The first-order chi connectivity index (χ1) is 4.45. The van der Waals surface area contributed by atoms with Crippen LogP contribution in [0.25, 0.3) is 0 Å². The Hall–Kier alpha value is -0.410. The first kappa shape index (κ1) is 5.38. The van der Waals surface area contributed by atoms with Crippen LogP contribution in [-0.2, 0) is 11.2 Å². The second-order valence-corrected chi connectivity index (χ2v) is 3.10. The lowest BCUT2D eigenvalue weighted by Crippen LogP contribution is -1.87. The molecule has 0 aliphatic carbocycles. The second kappa shape index (κ2) is 2.08. The van der Waals surface area contributed by atoms with Crippen LogP contribution >= 0.6 is 11.3 Å². The summed E-state index contributed by atoms with van der Waals surface area (Å²) in [5.74, 6) is 0. The molecule has 1 saturated heterocycles. The van der Waals surface area contributed by atoms with Gasteiger partial charge in [0.05, 0.1) is 18.2 Å². The Kier molecular flexibility index (Phi) is 1.24. The van der Waals surface area contributed by atoms with Gasteiger partial charge in [0, 0.05) is 17.5 Å². The maximum atomic E-state index is 5.06. The van der Waals surface area contributed by atoms with E-state index in [0.29, 0.717) is 6.10 Å². The van der Waals surface area contributed by atoms with Crippen LogP contribution in [0, 0.1) is 0 Å². The van der Waals surface area contributed by atoms with Gasteiger partial charge in [-0.15, -0.1) is 11.3 Å². The minimum absolute atomic E-state index is 0.505. The average Bonchev–Trinajstić information content (AvgIpc) is 2.46. The molecule has 0 aromatic carbocycles. The van der Waals surface area contributed by atoms with E-state index >= 15 is 0 Å². The smallest absolute Gasteiger partial charge is 0.0858 e. The van der Waals surface area contributed by atoms with E-state index in [1.807, 2.05) is 11.7 Å². The fourth-order valence-corrected chi connectivity index (χ4v) is 1.41. The fourth-order valence-electron chi connectivity index (χ4n) is 0.753. The van der Waals surface area contributed by atoms with E-state index in [4.69, 9.17) is 4.74 Å². The number of ether oxygens (including phenoxy) is 1. The molecule has 0 saturated carbocycles. The number of rotatable bonds is 2. The van der Waals surface area contributed by atoms with E-state index in [-0.39, 0.29) is 0 Å². The van der Waals surface area contributed by atoms with Crippen LogP contribution in [0.2, 0.25) is 0 Å². The molecular weight excluding hydrogens is 134 g/mol. The number of aromatic nitrogens is 1. The summed E-state index contributed by atoms with van der Waals surface area (Å²) in [6.07, 6.45) is 3.47. The predicted octanol–water partition coefficient (Wildman–Crippen LogP) is 1.08. The standard InChI is InChI=1S/C6H7NOS/c1(5-3-8-5)6-2-7-4-9-6/h2,4-5H,1,3H2. The largest absolute Gasteiger partial charge is 0.373 e. The lowest BCUT2D eigenvalue weighted by atomic mass is 10.3. The van der Waals surface area contributed by atoms with Gasteiger partial charge in [0.25, 0.3) is 0 Å². The van der Waals surface area contributed by atoms with Crippen LogP contribution in [0.5, 0.6) is 0 Å². The van der Waals surface area contributed by atoms with Crippen molar-refractivity contribution in [1.29, 1.82) is 0 Å². The third-order valence-corrected chi connectivity index (χ3v) is 2.12. The third-order valence-electron chi connectivity index (χ3n) is 1.31. The molecule has 1 unspecified atom stereocenters. The molecule has 2 rings (SSSR count). The van der Waals surface area contributed by atoms with Crippen LogP contribution in [0.15, 0.2) is 11.7 Å². The van der Waals surface area contributed by atoms with Gasteiger partial charge in [0.2, 0.25) is 0 Å². The zero-order valence-corrected chi connectivity index (χ0v) is 5.73. The minimum atomic E-state index is 0.505. The quantitative estimate of drug-likeness (QED) is 0.576. The molecule has 0 amide bonds. The zero-order chi connectivity index (χ0) is 6.10. The van der Waals surface area contributed by atoms with Crippen molar-refractivity contribution in [2.45, 2.75) is 12.5 Å². The molecule has 1 aliphatic rings. The molecule has 9 heavy (non-hydrogen) atoms. The van der Waals surface area contributed by atoms with Gasteiger partial charge in [-0.25, -0.2) is 0 Å². The van der Waals surface area contributed by atoms with Gasteiger partial charge in [-0.1, -0.05) is 0 Å². The Morgan fingerprint density at radius 2 is 2.78 bits per heavy atom. The van der Waals surface area contributed by atoms with Crippen molar-refractivity contribution >= 4 is 11.3 Å². The second-order valence-electron chi connectivity index (χ2n) is 2.13. The van der Waals surface area contributed by atoms with Crippen molar-refractivity contribution in [3.05, 3.63) is 16.6 Å². The Bertz CT molecular complexity index is 181. The monoisotopic (exact) mass is 141 g/mol. The molecule has 1 fully saturated rings. The van der Waals surface area contributed by atoms with E-state index in [0.717, 1.165) is 13.0 Å². The molecule has 0 N–H and O–H groups in total. The molecule has 0 radical (unpaired) electrons. The Morgan fingerprint density at radius 1 is 1.89 bits per heavy atom. The molecule has 3 heteroatoms. The van der Waals surface area contributed by atoms with Crippen molar-refractivity contribution in [2.75, 3.05) is 6.61 Å². The van der Waals surface area contributed by atoms with Crippen LogP contribution in [-0.4, -0.2) is 17.7 Å². The normalized spacial score (nSPS) is 24.2. The average molecular weight is 141 g/mol. The first-order valence-corrected chi connectivity index (χ1v) is 3.82. The highest BCUT2D eigenvalue weighted by Gasteiger charge is 2.22. The summed E-state index contributed by atoms with van der Waals surface area (Å²) >= 11 is 1.70. The SMILES string of the molecule is c1ncc(CC2CO2)s1. The molecule has 2 heterocycles. The van der Waals surface area contributed by atoms with Gasteiger partial charge in [-0.3, -0.25) is 4.98 Å². The molecule has 1 atom stereocenters. The topological polar surface area (TPSA) is 25.4 Å². The maximum absolute atomic E-state index is 5.06. The number of thiazole rings is 1. The van der Waals surface area contributed by atoms with Gasteiger partial charge >= 0.3 is 0 Å². The van der Waals surface area contributed by atoms with Crippen molar-refractivity contribution in [3.8, 4) is 0 Å². The van der Waals surface area contributed by atoms with Gasteiger partial charge in [-0.2, -0.15) is 0 Å². The summed E-state index contributed by atoms with van der Waals surface area (Å²) in [7, 11) is 0. The highest BCUT2D eigenvalue weighted by molar-refractivity contribution is 7.09.